The van der Waals surface area contributed by atoms with E-state index in [1.165, 1.54) is 12.1 Å². The molecule has 2 aliphatic rings. The Morgan fingerprint density at radius 2 is 2.32 bits per heavy atom. The van der Waals surface area contributed by atoms with Gasteiger partial charge in [0.15, 0.2) is 5.82 Å². The number of nitrogens with zero attached hydrogens (tertiary/aromatic N) is 3. The van der Waals surface area contributed by atoms with Gasteiger partial charge in [0.2, 0.25) is 5.91 Å². The largest absolute Gasteiger partial charge is 0.349 e. The lowest BCUT2D eigenvalue weighted by Gasteiger charge is -2.06. The van der Waals surface area contributed by atoms with Gasteiger partial charge >= 0.3 is 0 Å². The molecule has 1 aliphatic heterocycles. The van der Waals surface area contributed by atoms with Crippen molar-refractivity contribution < 1.29 is 9.18 Å². The van der Waals surface area contributed by atoms with Gasteiger partial charge < -0.3 is 9.88 Å². The van der Waals surface area contributed by atoms with Crippen molar-refractivity contribution >= 4 is 5.91 Å². The molecule has 0 saturated heterocycles. The Hall–Kier alpha value is -2.24. The van der Waals surface area contributed by atoms with E-state index < -0.39 is 0 Å². The lowest BCUT2D eigenvalue weighted by Crippen LogP contribution is -2.26. The molecule has 6 heteroatoms. The molecular formula is C16H17FN4O. The molecule has 1 aromatic heterocycles. The zero-order valence-electron chi connectivity index (χ0n) is 12.1. The summed E-state index contributed by atoms with van der Waals surface area (Å²) >= 11 is 0. The standard InChI is InChI=1S/C16H17FN4O/c17-11-4-1-3-10(7-11)12-8-13(12)16(22)18-9-15-20-19-14-5-2-6-21(14)15/h1,3-4,7,12-13H,2,5-6,8-9H2,(H,18,22)/t12-,13-/m1/s1. The number of amides is 1. The van der Waals surface area contributed by atoms with E-state index in [0.717, 1.165) is 43.0 Å². The van der Waals surface area contributed by atoms with Crippen molar-refractivity contribution in [3.8, 4) is 0 Å². The summed E-state index contributed by atoms with van der Waals surface area (Å²) in [6.45, 7) is 1.35. The van der Waals surface area contributed by atoms with Crippen molar-refractivity contribution in [3.05, 3.63) is 47.3 Å². The number of aryl methyl sites for hydroxylation is 1. The zero-order chi connectivity index (χ0) is 15.1. The fourth-order valence-electron chi connectivity index (χ4n) is 3.23. The highest BCUT2D eigenvalue weighted by Crippen LogP contribution is 2.47. The average molecular weight is 300 g/mol. The van der Waals surface area contributed by atoms with Crippen LogP contribution in [-0.4, -0.2) is 20.7 Å². The summed E-state index contributed by atoms with van der Waals surface area (Å²) in [4.78, 5) is 12.2. The quantitative estimate of drug-likeness (QED) is 0.936. The monoisotopic (exact) mass is 300 g/mol. The predicted molar refractivity (Wildman–Crippen MR) is 77.4 cm³/mol. The first-order valence-electron chi connectivity index (χ1n) is 7.66. The van der Waals surface area contributed by atoms with Crippen molar-refractivity contribution in [2.45, 2.75) is 38.3 Å². The Morgan fingerprint density at radius 3 is 3.18 bits per heavy atom. The number of carbonyl (C=O) groups is 1. The topological polar surface area (TPSA) is 59.8 Å². The van der Waals surface area contributed by atoms with Gasteiger partial charge in [0, 0.05) is 18.9 Å². The van der Waals surface area contributed by atoms with Crippen molar-refractivity contribution in [2.24, 2.45) is 5.92 Å². The molecule has 5 nitrogen and oxygen atoms in total. The first kappa shape index (κ1) is 13.4. The first-order valence-corrected chi connectivity index (χ1v) is 7.66. The number of hydrogen-bond donors (Lipinski definition) is 1. The molecule has 0 bridgehead atoms. The van der Waals surface area contributed by atoms with E-state index in [9.17, 15) is 9.18 Å². The lowest BCUT2D eigenvalue weighted by molar-refractivity contribution is -0.122. The Kier molecular flexibility index (Phi) is 3.17. The number of carbonyl (C=O) groups excluding carboxylic acids is 1. The van der Waals surface area contributed by atoms with Gasteiger partial charge in [-0.25, -0.2) is 4.39 Å². The summed E-state index contributed by atoms with van der Waals surface area (Å²) in [6, 6.07) is 6.51. The van der Waals surface area contributed by atoms with Crippen molar-refractivity contribution in [1.29, 1.82) is 0 Å². The molecular weight excluding hydrogens is 283 g/mol. The Bertz CT molecular complexity index is 727. The highest BCUT2D eigenvalue weighted by Gasteiger charge is 2.44. The SMILES string of the molecule is O=C(NCc1nnc2n1CCC2)[C@@H]1C[C@@H]1c1cccc(F)c1. The molecule has 0 radical (unpaired) electrons. The molecule has 22 heavy (non-hydrogen) atoms. The minimum atomic E-state index is -0.248. The second-order valence-corrected chi connectivity index (χ2v) is 6.01. The van der Waals surface area contributed by atoms with Crippen LogP contribution in [0, 0.1) is 11.7 Å². The Morgan fingerprint density at radius 1 is 1.41 bits per heavy atom. The number of benzene rings is 1. The minimum absolute atomic E-state index is 0.0182. The number of nitrogens with one attached hydrogen (secondary N) is 1. The second kappa shape index (κ2) is 5.19. The van der Waals surface area contributed by atoms with E-state index in [2.05, 4.69) is 20.1 Å². The predicted octanol–water partition coefficient (Wildman–Crippen LogP) is 1.78. The van der Waals surface area contributed by atoms with Crippen LogP contribution >= 0.6 is 0 Å². The molecule has 2 atom stereocenters. The van der Waals surface area contributed by atoms with Gasteiger partial charge in [-0.05, 0) is 36.5 Å². The van der Waals surface area contributed by atoms with Crippen molar-refractivity contribution in [1.82, 2.24) is 20.1 Å². The van der Waals surface area contributed by atoms with E-state index >= 15 is 0 Å². The van der Waals surface area contributed by atoms with Crippen LogP contribution in [0.4, 0.5) is 4.39 Å². The molecule has 1 aliphatic carbocycles. The summed E-state index contributed by atoms with van der Waals surface area (Å²) in [6.07, 6.45) is 2.84. The van der Waals surface area contributed by atoms with E-state index in [1.54, 1.807) is 6.07 Å². The van der Waals surface area contributed by atoms with E-state index in [1.807, 2.05) is 6.07 Å². The third-order valence-electron chi connectivity index (χ3n) is 4.51. The summed E-state index contributed by atoms with van der Waals surface area (Å²) in [5.41, 5.74) is 0.906. The molecule has 1 aromatic carbocycles. The van der Waals surface area contributed by atoms with E-state index in [-0.39, 0.29) is 23.6 Å². The van der Waals surface area contributed by atoms with Crippen molar-refractivity contribution in [2.75, 3.05) is 0 Å². The minimum Gasteiger partial charge on any atom is -0.349 e. The summed E-state index contributed by atoms with van der Waals surface area (Å²) in [5.74, 6) is 1.69. The third-order valence-corrected chi connectivity index (χ3v) is 4.51. The lowest BCUT2D eigenvalue weighted by atomic mass is 10.1. The van der Waals surface area contributed by atoms with Crippen LogP contribution < -0.4 is 5.32 Å². The summed E-state index contributed by atoms with van der Waals surface area (Å²) < 4.78 is 15.3. The van der Waals surface area contributed by atoms with Gasteiger partial charge in [-0.3, -0.25) is 4.79 Å². The number of fused-ring (bicyclic) bond motifs is 1. The van der Waals surface area contributed by atoms with Crippen LogP contribution in [0.5, 0.6) is 0 Å². The summed E-state index contributed by atoms with van der Waals surface area (Å²) in [5, 5.41) is 11.2. The van der Waals surface area contributed by atoms with Crippen LogP contribution in [0.2, 0.25) is 0 Å². The van der Waals surface area contributed by atoms with Gasteiger partial charge in [0.25, 0.3) is 0 Å². The number of aromatic nitrogens is 3. The van der Waals surface area contributed by atoms with Gasteiger partial charge in [0.05, 0.1) is 6.54 Å². The maximum Gasteiger partial charge on any atom is 0.224 e. The first-order chi connectivity index (χ1) is 10.7. The maximum absolute atomic E-state index is 13.2. The highest BCUT2D eigenvalue weighted by atomic mass is 19.1. The number of hydrogen-bond acceptors (Lipinski definition) is 3. The zero-order valence-corrected chi connectivity index (χ0v) is 12.1. The molecule has 1 amide bonds. The molecule has 1 fully saturated rings. The molecule has 2 aromatic rings. The smallest absolute Gasteiger partial charge is 0.224 e. The molecule has 4 rings (SSSR count). The number of rotatable bonds is 4. The summed E-state index contributed by atoms with van der Waals surface area (Å²) in [7, 11) is 0. The molecule has 0 spiro atoms. The average Bonchev–Trinajstić information content (AvgIpc) is 3.02. The number of halogens is 1. The van der Waals surface area contributed by atoms with Crippen LogP contribution in [0.15, 0.2) is 24.3 Å². The normalized spacial score (nSPS) is 22.4. The maximum atomic E-state index is 13.2. The van der Waals surface area contributed by atoms with Gasteiger partial charge in [0.1, 0.15) is 11.6 Å². The van der Waals surface area contributed by atoms with E-state index in [4.69, 9.17) is 0 Å². The van der Waals surface area contributed by atoms with Gasteiger partial charge in [-0.15, -0.1) is 10.2 Å². The fourth-order valence-corrected chi connectivity index (χ4v) is 3.23. The molecule has 2 heterocycles. The molecule has 1 saturated carbocycles. The van der Waals surface area contributed by atoms with E-state index in [0.29, 0.717) is 6.54 Å². The van der Waals surface area contributed by atoms with Crippen LogP contribution in [0.1, 0.15) is 36.0 Å². The molecule has 1 N–H and O–H groups in total. The Labute approximate surface area is 127 Å². The fraction of sp³-hybridized carbons (Fsp3) is 0.438. The third kappa shape index (κ3) is 2.38. The van der Waals surface area contributed by atoms with Gasteiger partial charge in [-0.2, -0.15) is 0 Å². The molecule has 114 valence electrons. The molecule has 0 unspecified atom stereocenters. The van der Waals surface area contributed by atoms with Crippen LogP contribution in [0.3, 0.4) is 0 Å². The second-order valence-electron chi connectivity index (χ2n) is 6.01. The van der Waals surface area contributed by atoms with Crippen LogP contribution in [-0.2, 0) is 24.3 Å². The van der Waals surface area contributed by atoms with Gasteiger partial charge in [-0.1, -0.05) is 12.1 Å². The van der Waals surface area contributed by atoms with Crippen LogP contribution in [0.25, 0.3) is 0 Å². The Balaban J connectivity index is 1.36. The van der Waals surface area contributed by atoms with Crippen molar-refractivity contribution in [3.63, 3.8) is 0 Å². The highest BCUT2D eigenvalue weighted by molar-refractivity contribution is 5.82.